The van der Waals surface area contributed by atoms with Crippen LogP contribution in [0.3, 0.4) is 0 Å². The van der Waals surface area contributed by atoms with Crippen LogP contribution < -0.4 is 4.74 Å². The Bertz CT molecular complexity index is 584. The molecule has 6 nitrogen and oxygen atoms in total. The highest BCUT2D eigenvalue weighted by Crippen LogP contribution is 2.30. The lowest BCUT2D eigenvalue weighted by molar-refractivity contribution is -0.385. The predicted molar refractivity (Wildman–Crippen MR) is 64.9 cm³/mol. The van der Waals surface area contributed by atoms with Gasteiger partial charge in [0.2, 0.25) is 16.9 Å². The van der Waals surface area contributed by atoms with Crippen molar-refractivity contribution in [2.75, 3.05) is 0 Å². The Balaban J connectivity index is 2.37. The van der Waals surface area contributed by atoms with E-state index >= 15 is 0 Å². The van der Waals surface area contributed by atoms with Crippen molar-refractivity contribution in [3.05, 3.63) is 51.4 Å². The summed E-state index contributed by atoms with van der Waals surface area (Å²) in [6, 6.07) is 7.58. The highest BCUT2D eigenvalue weighted by molar-refractivity contribution is 6.28. The summed E-state index contributed by atoms with van der Waals surface area (Å²) in [5.74, 6) is 0.276. The second kappa shape index (κ2) is 4.97. The first-order chi connectivity index (χ1) is 8.56. The van der Waals surface area contributed by atoms with Gasteiger partial charge in [0.05, 0.1) is 4.92 Å². The van der Waals surface area contributed by atoms with Crippen molar-refractivity contribution in [3.63, 3.8) is 0 Å². The van der Waals surface area contributed by atoms with Crippen molar-refractivity contribution >= 4 is 17.3 Å². The van der Waals surface area contributed by atoms with E-state index in [0.717, 1.165) is 0 Å². The zero-order valence-electron chi connectivity index (χ0n) is 9.33. The summed E-state index contributed by atoms with van der Waals surface area (Å²) in [5.41, 5.74) is 0.480. The summed E-state index contributed by atoms with van der Waals surface area (Å²) < 4.78 is 5.36. The Morgan fingerprint density at radius 2 is 2.06 bits per heavy atom. The third kappa shape index (κ3) is 2.72. The van der Waals surface area contributed by atoms with Crippen LogP contribution in [0.4, 0.5) is 5.69 Å². The molecule has 1 aromatic carbocycles. The number of halogens is 1. The number of rotatable bonds is 3. The van der Waals surface area contributed by atoms with Crippen LogP contribution in [0, 0.1) is 17.0 Å². The minimum absolute atomic E-state index is 0.0311. The average molecular weight is 266 g/mol. The topological polar surface area (TPSA) is 78.2 Å². The van der Waals surface area contributed by atoms with E-state index in [1.54, 1.807) is 25.1 Å². The SMILES string of the molecule is Cc1cc(Oc2ccccc2[N+](=O)[O-])nc(Cl)n1. The molecule has 0 aliphatic rings. The minimum Gasteiger partial charge on any atom is -0.432 e. The van der Waals surface area contributed by atoms with Gasteiger partial charge < -0.3 is 4.74 Å². The zero-order chi connectivity index (χ0) is 13.1. The molecule has 0 unspecified atom stereocenters. The number of nitro benzene ring substituents is 1. The molecular formula is C11H8ClN3O3. The monoisotopic (exact) mass is 265 g/mol. The van der Waals surface area contributed by atoms with Gasteiger partial charge in [-0.05, 0) is 24.6 Å². The Morgan fingerprint density at radius 1 is 1.33 bits per heavy atom. The van der Waals surface area contributed by atoms with Gasteiger partial charge in [0, 0.05) is 17.8 Å². The third-order valence-electron chi connectivity index (χ3n) is 2.08. The van der Waals surface area contributed by atoms with E-state index in [9.17, 15) is 10.1 Å². The summed E-state index contributed by atoms with van der Waals surface area (Å²) in [6.45, 7) is 1.72. The minimum atomic E-state index is -0.523. The molecule has 0 saturated heterocycles. The number of aromatic nitrogens is 2. The summed E-state index contributed by atoms with van der Waals surface area (Å²) in [6.07, 6.45) is 0. The second-order valence-electron chi connectivity index (χ2n) is 3.44. The maximum atomic E-state index is 10.8. The molecule has 0 atom stereocenters. The summed E-state index contributed by atoms with van der Waals surface area (Å²) in [7, 11) is 0. The van der Waals surface area contributed by atoms with Crippen LogP contribution in [-0.2, 0) is 0 Å². The largest absolute Gasteiger partial charge is 0.432 e. The number of nitro groups is 1. The van der Waals surface area contributed by atoms with Gasteiger partial charge in [-0.2, -0.15) is 4.98 Å². The zero-order valence-corrected chi connectivity index (χ0v) is 10.1. The van der Waals surface area contributed by atoms with Gasteiger partial charge in [-0.25, -0.2) is 4.98 Å². The van der Waals surface area contributed by atoms with Crippen LogP contribution in [0.5, 0.6) is 11.6 Å². The normalized spacial score (nSPS) is 10.1. The lowest BCUT2D eigenvalue weighted by Crippen LogP contribution is -1.96. The number of nitrogens with zero attached hydrogens (tertiary/aromatic N) is 3. The van der Waals surface area contributed by atoms with E-state index in [0.29, 0.717) is 5.69 Å². The van der Waals surface area contributed by atoms with Gasteiger partial charge in [-0.3, -0.25) is 10.1 Å². The molecular weight excluding hydrogens is 258 g/mol. The first-order valence-electron chi connectivity index (χ1n) is 4.99. The molecule has 7 heteroatoms. The van der Waals surface area contributed by atoms with E-state index in [1.165, 1.54) is 12.1 Å². The van der Waals surface area contributed by atoms with Gasteiger partial charge in [0.1, 0.15) is 0 Å². The van der Waals surface area contributed by atoms with E-state index in [2.05, 4.69) is 9.97 Å². The molecule has 0 fully saturated rings. The fourth-order valence-electron chi connectivity index (χ4n) is 1.36. The molecule has 1 aromatic heterocycles. The Kier molecular flexibility index (Phi) is 3.38. The number of hydrogen-bond donors (Lipinski definition) is 0. The molecule has 92 valence electrons. The van der Waals surface area contributed by atoms with Gasteiger partial charge in [-0.1, -0.05) is 12.1 Å². The standard InChI is InChI=1S/C11H8ClN3O3/c1-7-6-10(14-11(12)13-7)18-9-5-3-2-4-8(9)15(16)17/h2-6H,1H3. The highest BCUT2D eigenvalue weighted by Gasteiger charge is 2.15. The third-order valence-corrected chi connectivity index (χ3v) is 2.25. The molecule has 0 radical (unpaired) electrons. The van der Waals surface area contributed by atoms with Gasteiger partial charge in [-0.15, -0.1) is 0 Å². The van der Waals surface area contributed by atoms with Crippen LogP contribution in [-0.4, -0.2) is 14.9 Å². The van der Waals surface area contributed by atoms with Crippen molar-refractivity contribution in [1.29, 1.82) is 0 Å². The molecule has 1 heterocycles. The van der Waals surface area contributed by atoms with Gasteiger partial charge >= 0.3 is 5.69 Å². The summed E-state index contributed by atoms with van der Waals surface area (Å²) in [5, 5.41) is 10.8. The highest BCUT2D eigenvalue weighted by atomic mass is 35.5. The van der Waals surface area contributed by atoms with Crippen molar-refractivity contribution in [1.82, 2.24) is 9.97 Å². The molecule has 18 heavy (non-hydrogen) atoms. The Labute approximate surface area is 107 Å². The molecule has 0 saturated carbocycles. The van der Waals surface area contributed by atoms with Crippen LogP contribution in [0.15, 0.2) is 30.3 Å². The molecule has 0 N–H and O–H groups in total. The van der Waals surface area contributed by atoms with Gasteiger partial charge in [0.25, 0.3) is 0 Å². The molecule has 0 aliphatic heterocycles. The fourth-order valence-corrected chi connectivity index (χ4v) is 1.58. The van der Waals surface area contributed by atoms with Crippen LogP contribution in [0.2, 0.25) is 5.28 Å². The number of aryl methyl sites for hydroxylation is 1. The van der Waals surface area contributed by atoms with E-state index < -0.39 is 4.92 Å². The number of hydrogen-bond acceptors (Lipinski definition) is 5. The van der Waals surface area contributed by atoms with Crippen LogP contribution >= 0.6 is 11.6 Å². The average Bonchev–Trinajstić information content (AvgIpc) is 2.27. The van der Waals surface area contributed by atoms with E-state index in [4.69, 9.17) is 16.3 Å². The van der Waals surface area contributed by atoms with Crippen molar-refractivity contribution < 1.29 is 9.66 Å². The van der Waals surface area contributed by atoms with Crippen molar-refractivity contribution in [2.24, 2.45) is 0 Å². The van der Waals surface area contributed by atoms with Gasteiger partial charge in [0.15, 0.2) is 0 Å². The lowest BCUT2D eigenvalue weighted by atomic mass is 10.3. The summed E-state index contributed by atoms with van der Waals surface area (Å²) >= 11 is 5.68. The molecule has 2 rings (SSSR count). The van der Waals surface area contributed by atoms with Crippen molar-refractivity contribution in [3.8, 4) is 11.6 Å². The van der Waals surface area contributed by atoms with Crippen molar-refractivity contribution in [2.45, 2.75) is 6.92 Å². The molecule has 0 amide bonds. The first-order valence-corrected chi connectivity index (χ1v) is 5.36. The number of para-hydroxylation sites is 2. The maximum absolute atomic E-state index is 10.8. The molecule has 0 aliphatic carbocycles. The molecule has 2 aromatic rings. The van der Waals surface area contributed by atoms with E-state index in [-0.39, 0.29) is 22.6 Å². The molecule has 0 spiro atoms. The number of benzene rings is 1. The summed E-state index contributed by atoms with van der Waals surface area (Å²) in [4.78, 5) is 18.0. The smallest absolute Gasteiger partial charge is 0.311 e. The van der Waals surface area contributed by atoms with E-state index in [1.807, 2.05) is 0 Å². The Hall–Kier alpha value is -2.21. The lowest BCUT2D eigenvalue weighted by Gasteiger charge is -2.05. The maximum Gasteiger partial charge on any atom is 0.311 e. The fraction of sp³-hybridized carbons (Fsp3) is 0.0909. The molecule has 0 bridgehead atoms. The quantitative estimate of drug-likeness (QED) is 0.484. The van der Waals surface area contributed by atoms with Crippen LogP contribution in [0.25, 0.3) is 0 Å². The van der Waals surface area contributed by atoms with Crippen LogP contribution in [0.1, 0.15) is 5.69 Å². The Morgan fingerprint density at radius 3 is 2.72 bits per heavy atom. The first kappa shape index (κ1) is 12.3. The predicted octanol–water partition coefficient (Wildman–Crippen LogP) is 3.14. The number of ether oxygens (including phenoxy) is 1. The second-order valence-corrected chi connectivity index (χ2v) is 3.78.